The Morgan fingerprint density at radius 1 is 1.19 bits per heavy atom. The number of nitrogens with zero attached hydrogens (tertiary/aromatic N) is 4. The zero-order valence-corrected chi connectivity index (χ0v) is 12.3. The summed E-state index contributed by atoms with van der Waals surface area (Å²) in [5, 5.41) is 3.16. The average molecular weight is 291 g/mol. The van der Waals surface area contributed by atoms with Crippen LogP contribution in [0.25, 0.3) is 0 Å². The molecule has 2 aromatic heterocycles. The number of hydrogen-bond donors (Lipinski definition) is 3. The SMILES string of the molecule is CCN(CC)c1nc(NN)nc(NCCc2ccco2)n1. The van der Waals surface area contributed by atoms with Crippen LogP contribution in [0.4, 0.5) is 17.8 Å². The summed E-state index contributed by atoms with van der Waals surface area (Å²) >= 11 is 0. The lowest BCUT2D eigenvalue weighted by Crippen LogP contribution is -2.26. The largest absolute Gasteiger partial charge is 0.469 e. The van der Waals surface area contributed by atoms with Crippen molar-refractivity contribution < 1.29 is 4.42 Å². The highest BCUT2D eigenvalue weighted by atomic mass is 16.3. The van der Waals surface area contributed by atoms with Crippen LogP contribution in [0.3, 0.4) is 0 Å². The van der Waals surface area contributed by atoms with Gasteiger partial charge in [-0.2, -0.15) is 15.0 Å². The minimum absolute atomic E-state index is 0.340. The van der Waals surface area contributed by atoms with E-state index in [4.69, 9.17) is 10.3 Å². The lowest BCUT2D eigenvalue weighted by molar-refractivity contribution is 0.512. The van der Waals surface area contributed by atoms with Crippen LogP contribution in [-0.4, -0.2) is 34.6 Å². The van der Waals surface area contributed by atoms with Crippen molar-refractivity contribution in [3.8, 4) is 0 Å². The Morgan fingerprint density at radius 3 is 2.57 bits per heavy atom. The minimum atomic E-state index is 0.340. The van der Waals surface area contributed by atoms with Gasteiger partial charge in [0.1, 0.15) is 5.76 Å². The molecule has 0 fully saturated rings. The van der Waals surface area contributed by atoms with E-state index in [0.717, 1.165) is 25.3 Å². The first-order valence-electron chi connectivity index (χ1n) is 7.00. The number of furan rings is 1. The number of nitrogens with two attached hydrogens (primary N) is 1. The van der Waals surface area contributed by atoms with Crippen molar-refractivity contribution in [1.29, 1.82) is 0 Å². The standard InChI is InChI=1S/C13H21N7O/c1-3-20(4-2)13-17-11(16-12(18-13)19-14)15-8-7-10-6-5-9-21-10/h5-6,9H,3-4,7-8,14H2,1-2H3,(H2,15,16,17,18,19). The number of nitrogens with one attached hydrogen (secondary N) is 2. The third-order valence-electron chi connectivity index (χ3n) is 3.03. The smallest absolute Gasteiger partial charge is 0.243 e. The molecule has 0 amide bonds. The van der Waals surface area contributed by atoms with Crippen molar-refractivity contribution in [2.75, 3.05) is 35.3 Å². The summed E-state index contributed by atoms with van der Waals surface area (Å²) in [5.41, 5.74) is 2.47. The highest BCUT2D eigenvalue weighted by Gasteiger charge is 2.10. The quantitative estimate of drug-likeness (QED) is 0.493. The number of hydrazine groups is 1. The molecular formula is C13H21N7O. The maximum absolute atomic E-state index is 5.41. The van der Waals surface area contributed by atoms with Crippen LogP contribution in [0.1, 0.15) is 19.6 Å². The molecular weight excluding hydrogens is 270 g/mol. The average Bonchev–Trinajstić information content (AvgIpc) is 3.01. The van der Waals surface area contributed by atoms with Gasteiger partial charge in [-0.1, -0.05) is 0 Å². The Bertz CT molecular complexity index is 539. The molecule has 2 heterocycles. The number of aromatic nitrogens is 3. The van der Waals surface area contributed by atoms with Gasteiger partial charge in [-0.3, -0.25) is 5.43 Å². The van der Waals surface area contributed by atoms with Gasteiger partial charge in [0, 0.05) is 26.1 Å². The van der Waals surface area contributed by atoms with Crippen LogP contribution in [0.2, 0.25) is 0 Å². The second-order valence-electron chi connectivity index (χ2n) is 4.36. The van der Waals surface area contributed by atoms with E-state index in [0.29, 0.717) is 24.4 Å². The molecule has 0 bridgehead atoms. The van der Waals surface area contributed by atoms with Crippen LogP contribution in [0.15, 0.2) is 22.8 Å². The fourth-order valence-corrected chi connectivity index (χ4v) is 1.91. The lowest BCUT2D eigenvalue weighted by Gasteiger charge is -2.19. The normalized spacial score (nSPS) is 10.4. The van der Waals surface area contributed by atoms with Crippen LogP contribution >= 0.6 is 0 Å². The number of anilines is 3. The van der Waals surface area contributed by atoms with Gasteiger partial charge in [-0.25, -0.2) is 5.84 Å². The third kappa shape index (κ3) is 4.06. The van der Waals surface area contributed by atoms with Crippen molar-refractivity contribution in [3.05, 3.63) is 24.2 Å². The van der Waals surface area contributed by atoms with Crippen LogP contribution in [0, 0.1) is 0 Å². The molecule has 114 valence electrons. The maximum Gasteiger partial charge on any atom is 0.243 e. The summed E-state index contributed by atoms with van der Waals surface area (Å²) in [7, 11) is 0. The first-order chi connectivity index (χ1) is 10.3. The molecule has 2 rings (SSSR count). The van der Waals surface area contributed by atoms with E-state index >= 15 is 0 Å². The van der Waals surface area contributed by atoms with E-state index < -0.39 is 0 Å². The van der Waals surface area contributed by atoms with Gasteiger partial charge in [0.05, 0.1) is 6.26 Å². The summed E-state index contributed by atoms with van der Waals surface area (Å²) < 4.78 is 5.28. The molecule has 2 aromatic rings. The summed E-state index contributed by atoms with van der Waals surface area (Å²) in [5.74, 6) is 7.76. The molecule has 0 aliphatic rings. The van der Waals surface area contributed by atoms with Gasteiger partial charge < -0.3 is 14.6 Å². The Balaban J connectivity index is 2.05. The second-order valence-corrected chi connectivity index (χ2v) is 4.36. The predicted octanol–water partition coefficient (Wildman–Crippen LogP) is 1.25. The second kappa shape index (κ2) is 7.44. The Hall–Kier alpha value is -2.35. The molecule has 21 heavy (non-hydrogen) atoms. The van der Waals surface area contributed by atoms with Crippen LogP contribution < -0.4 is 21.5 Å². The number of nitrogen functional groups attached to an aromatic ring is 1. The van der Waals surface area contributed by atoms with Gasteiger partial charge in [-0.05, 0) is 26.0 Å². The highest BCUT2D eigenvalue weighted by Crippen LogP contribution is 2.13. The van der Waals surface area contributed by atoms with E-state index in [9.17, 15) is 0 Å². The first-order valence-corrected chi connectivity index (χ1v) is 7.00. The molecule has 0 saturated carbocycles. The first kappa shape index (κ1) is 15.0. The lowest BCUT2D eigenvalue weighted by atomic mass is 10.3. The van der Waals surface area contributed by atoms with E-state index in [1.54, 1.807) is 6.26 Å². The van der Waals surface area contributed by atoms with Crippen molar-refractivity contribution >= 4 is 17.8 Å². The van der Waals surface area contributed by atoms with Crippen LogP contribution in [0.5, 0.6) is 0 Å². The molecule has 0 atom stereocenters. The zero-order valence-electron chi connectivity index (χ0n) is 12.3. The van der Waals surface area contributed by atoms with Crippen LogP contribution in [-0.2, 0) is 6.42 Å². The highest BCUT2D eigenvalue weighted by molar-refractivity contribution is 5.43. The Morgan fingerprint density at radius 2 is 1.95 bits per heavy atom. The van der Waals surface area contributed by atoms with Crippen molar-refractivity contribution in [2.45, 2.75) is 20.3 Å². The fourth-order valence-electron chi connectivity index (χ4n) is 1.91. The summed E-state index contributed by atoms with van der Waals surface area (Å²) in [6, 6.07) is 3.80. The minimum Gasteiger partial charge on any atom is -0.469 e. The molecule has 0 radical (unpaired) electrons. The van der Waals surface area contributed by atoms with E-state index in [1.165, 1.54) is 0 Å². The van der Waals surface area contributed by atoms with Crippen molar-refractivity contribution in [2.24, 2.45) is 5.84 Å². The molecule has 0 aliphatic carbocycles. The summed E-state index contributed by atoms with van der Waals surface area (Å²) in [6.07, 6.45) is 2.41. The van der Waals surface area contributed by atoms with Gasteiger partial charge in [0.15, 0.2) is 0 Å². The van der Waals surface area contributed by atoms with Gasteiger partial charge in [0.2, 0.25) is 17.8 Å². The van der Waals surface area contributed by atoms with E-state index in [-0.39, 0.29) is 0 Å². The van der Waals surface area contributed by atoms with Crippen molar-refractivity contribution in [3.63, 3.8) is 0 Å². The molecule has 0 aromatic carbocycles. The Labute approximate surface area is 123 Å². The zero-order chi connectivity index (χ0) is 15.1. The van der Waals surface area contributed by atoms with Gasteiger partial charge in [-0.15, -0.1) is 0 Å². The summed E-state index contributed by atoms with van der Waals surface area (Å²) in [4.78, 5) is 14.9. The van der Waals surface area contributed by atoms with E-state index in [1.807, 2.05) is 30.9 Å². The summed E-state index contributed by atoms with van der Waals surface area (Å²) in [6.45, 7) is 6.39. The molecule has 8 nitrogen and oxygen atoms in total. The fraction of sp³-hybridized carbons (Fsp3) is 0.462. The van der Waals surface area contributed by atoms with Crippen molar-refractivity contribution in [1.82, 2.24) is 15.0 Å². The maximum atomic E-state index is 5.41. The number of rotatable bonds is 8. The third-order valence-corrected chi connectivity index (χ3v) is 3.03. The van der Waals surface area contributed by atoms with Gasteiger partial charge in [0.25, 0.3) is 0 Å². The van der Waals surface area contributed by atoms with Gasteiger partial charge >= 0.3 is 0 Å². The molecule has 0 aliphatic heterocycles. The topological polar surface area (TPSA) is 105 Å². The monoisotopic (exact) mass is 291 g/mol. The molecule has 4 N–H and O–H groups in total. The molecule has 0 saturated heterocycles. The van der Waals surface area contributed by atoms with E-state index in [2.05, 4.69) is 25.7 Å². The Kier molecular flexibility index (Phi) is 5.33. The molecule has 0 unspecified atom stereocenters. The number of hydrogen-bond acceptors (Lipinski definition) is 8. The predicted molar refractivity (Wildman–Crippen MR) is 82.1 cm³/mol. The molecule has 8 heteroatoms. The molecule has 0 spiro atoms.